The van der Waals surface area contributed by atoms with E-state index in [0.717, 1.165) is 75.7 Å². The van der Waals surface area contributed by atoms with Crippen molar-refractivity contribution in [1.82, 2.24) is 0 Å². The smallest absolute Gasteiger partial charge is 0.341 e. The van der Waals surface area contributed by atoms with Gasteiger partial charge >= 0.3 is 5.97 Å². The lowest BCUT2D eigenvalue weighted by Crippen LogP contribution is -2.27. The standard InChI is InChI=1S/C41H54F2O5/c1-3-5-7-9-11-25-45-35-19-21-36(22-20-35)47-28-12-27-46-34-17-13-31(14-18-34)32-15-23-37(39(42)29-32)33-16-24-38(40(43)30-33)41(44)48-26-10-8-6-4-2/h13-18,23-24,29-30,35-36H,3-12,19-22,25-28H2,1-2H3. The summed E-state index contributed by atoms with van der Waals surface area (Å²) in [7, 11) is 0. The molecule has 0 unspecified atom stereocenters. The first-order valence-corrected chi connectivity index (χ1v) is 18.2. The van der Waals surface area contributed by atoms with Gasteiger partial charge in [-0.2, -0.15) is 0 Å². The van der Waals surface area contributed by atoms with Crippen LogP contribution in [0.1, 0.15) is 114 Å². The molecule has 0 bridgehead atoms. The van der Waals surface area contributed by atoms with Crippen LogP contribution in [0.15, 0.2) is 60.7 Å². The molecule has 7 heteroatoms. The topological polar surface area (TPSA) is 54.0 Å². The molecule has 0 amide bonds. The number of benzene rings is 3. The second-order valence-corrected chi connectivity index (χ2v) is 12.9. The number of hydrogen-bond acceptors (Lipinski definition) is 5. The van der Waals surface area contributed by atoms with Crippen LogP contribution in [0, 0.1) is 11.6 Å². The first kappa shape index (κ1) is 37.5. The Hall–Kier alpha value is -3.29. The van der Waals surface area contributed by atoms with E-state index < -0.39 is 17.6 Å². The molecule has 262 valence electrons. The van der Waals surface area contributed by atoms with Gasteiger partial charge in [-0.05, 0) is 85.5 Å². The molecule has 1 saturated carbocycles. The highest BCUT2D eigenvalue weighted by Gasteiger charge is 2.22. The average Bonchev–Trinajstić information content (AvgIpc) is 3.10. The minimum atomic E-state index is -0.729. The van der Waals surface area contributed by atoms with E-state index in [1.165, 1.54) is 50.3 Å². The van der Waals surface area contributed by atoms with Crippen LogP contribution < -0.4 is 4.74 Å². The zero-order chi connectivity index (χ0) is 34.0. The Bertz CT molecular complexity index is 1370. The Morgan fingerprint density at radius 2 is 1.17 bits per heavy atom. The quantitative estimate of drug-likeness (QED) is 0.0838. The molecule has 0 spiro atoms. The highest BCUT2D eigenvalue weighted by atomic mass is 19.1. The molecule has 0 heterocycles. The predicted molar refractivity (Wildman–Crippen MR) is 188 cm³/mol. The van der Waals surface area contributed by atoms with Crippen molar-refractivity contribution >= 4 is 5.97 Å². The maximum absolute atomic E-state index is 15.2. The van der Waals surface area contributed by atoms with Gasteiger partial charge < -0.3 is 18.9 Å². The van der Waals surface area contributed by atoms with E-state index in [0.29, 0.717) is 36.5 Å². The Kier molecular flexibility index (Phi) is 16.4. The third-order valence-electron chi connectivity index (χ3n) is 9.02. The molecular weight excluding hydrogens is 610 g/mol. The van der Waals surface area contributed by atoms with E-state index in [9.17, 15) is 9.18 Å². The molecule has 0 atom stereocenters. The van der Waals surface area contributed by atoms with Crippen molar-refractivity contribution in [3.63, 3.8) is 0 Å². The normalized spacial score (nSPS) is 16.2. The first-order chi connectivity index (χ1) is 23.5. The molecule has 1 fully saturated rings. The number of halogens is 2. The maximum Gasteiger partial charge on any atom is 0.341 e. The Balaban J connectivity index is 1.16. The van der Waals surface area contributed by atoms with Crippen LogP contribution in [0.4, 0.5) is 8.78 Å². The summed E-state index contributed by atoms with van der Waals surface area (Å²) in [4.78, 5) is 12.3. The van der Waals surface area contributed by atoms with Crippen LogP contribution in [0.5, 0.6) is 5.75 Å². The highest BCUT2D eigenvalue weighted by molar-refractivity contribution is 5.90. The van der Waals surface area contributed by atoms with Crippen LogP contribution in [0.2, 0.25) is 0 Å². The fourth-order valence-electron chi connectivity index (χ4n) is 6.11. The molecule has 0 aliphatic heterocycles. The monoisotopic (exact) mass is 664 g/mol. The molecule has 1 aliphatic rings. The van der Waals surface area contributed by atoms with Gasteiger partial charge in [-0.3, -0.25) is 0 Å². The molecule has 0 radical (unpaired) electrons. The van der Waals surface area contributed by atoms with Crippen molar-refractivity contribution in [3.8, 4) is 28.0 Å². The Morgan fingerprint density at radius 1 is 0.604 bits per heavy atom. The molecule has 1 aliphatic carbocycles. The summed E-state index contributed by atoms with van der Waals surface area (Å²) in [5.41, 5.74) is 2.01. The summed E-state index contributed by atoms with van der Waals surface area (Å²) < 4.78 is 53.3. The zero-order valence-electron chi connectivity index (χ0n) is 29.0. The fraction of sp³-hybridized carbons (Fsp3) is 0.537. The zero-order valence-corrected chi connectivity index (χ0v) is 29.0. The number of hydrogen-bond donors (Lipinski definition) is 0. The maximum atomic E-state index is 15.2. The summed E-state index contributed by atoms with van der Waals surface area (Å²) in [5, 5.41) is 0. The van der Waals surface area contributed by atoms with Crippen LogP contribution in [0.25, 0.3) is 22.3 Å². The van der Waals surface area contributed by atoms with Crippen molar-refractivity contribution in [2.75, 3.05) is 26.4 Å². The van der Waals surface area contributed by atoms with E-state index >= 15 is 4.39 Å². The summed E-state index contributed by atoms with van der Waals surface area (Å²) in [6.07, 6.45) is 16.0. The Labute approximate surface area is 286 Å². The molecular formula is C41H54F2O5. The molecule has 48 heavy (non-hydrogen) atoms. The number of esters is 1. The largest absolute Gasteiger partial charge is 0.494 e. The molecule has 0 saturated heterocycles. The molecule has 0 N–H and O–H groups in total. The van der Waals surface area contributed by atoms with Crippen LogP contribution in [-0.2, 0) is 14.2 Å². The lowest BCUT2D eigenvalue weighted by Gasteiger charge is -2.28. The third kappa shape index (κ3) is 12.3. The van der Waals surface area contributed by atoms with Gasteiger partial charge in [0.15, 0.2) is 0 Å². The Morgan fingerprint density at radius 3 is 1.81 bits per heavy atom. The molecule has 3 aromatic carbocycles. The highest BCUT2D eigenvalue weighted by Crippen LogP contribution is 2.30. The summed E-state index contributed by atoms with van der Waals surface area (Å²) in [5.74, 6) is -1.15. The van der Waals surface area contributed by atoms with Crippen molar-refractivity contribution in [1.29, 1.82) is 0 Å². The van der Waals surface area contributed by atoms with Crippen molar-refractivity contribution in [3.05, 3.63) is 77.9 Å². The molecule has 5 nitrogen and oxygen atoms in total. The summed E-state index contributed by atoms with van der Waals surface area (Å²) in [6, 6.07) is 16.5. The van der Waals surface area contributed by atoms with E-state index in [1.807, 2.05) is 24.3 Å². The third-order valence-corrected chi connectivity index (χ3v) is 9.02. The summed E-state index contributed by atoms with van der Waals surface area (Å²) >= 11 is 0. The van der Waals surface area contributed by atoms with Crippen LogP contribution in [-0.4, -0.2) is 44.6 Å². The second-order valence-electron chi connectivity index (χ2n) is 12.9. The van der Waals surface area contributed by atoms with Gasteiger partial charge in [-0.25, -0.2) is 13.6 Å². The van der Waals surface area contributed by atoms with Crippen molar-refractivity contribution < 1.29 is 32.5 Å². The number of carbonyl (C=O) groups is 1. The lowest BCUT2D eigenvalue weighted by atomic mass is 9.95. The van der Waals surface area contributed by atoms with Crippen molar-refractivity contribution in [2.45, 2.75) is 116 Å². The minimum absolute atomic E-state index is 0.145. The van der Waals surface area contributed by atoms with Gasteiger partial charge in [0.25, 0.3) is 0 Å². The first-order valence-electron chi connectivity index (χ1n) is 18.2. The number of rotatable bonds is 21. The lowest BCUT2D eigenvalue weighted by molar-refractivity contribution is -0.0338. The fourth-order valence-corrected chi connectivity index (χ4v) is 6.11. The van der Waals surface area contributed by atoms with Gasteiger partial charge in [-0.15, -0.1) is 0 Å². The number of unbranched alkanes of at least 4 members (excludes halogenated alkanes) is 7. The molecule has 0 aromatic heterocycles. The van der Waals surface area contributed by atoms with E-state index in [2.05, 4.69) is 13.8 Å². The molecule has 3 aromatic rings. The van der Waals surface area contributed by atoms with E-state index in [-0.39, 0.29) is 17.7 Å². The SMILES string of the molecule is CCCCCCCOC1CCC(OCCCOc2ccc(-c3ccc(-c4ccc(C(=O)OCCCCCC)c(F)c4)c(F)c3)cc2)CC1. The van der Waals surface area contributed by atoms with Gasteiger partial charge in [0.05, 0.1) is 37.6 Å². The van der Waals surface area contributed by atoms with Crippen molar-refractivity contribution in [2.24, 2.45) is 0 Å². The van der Waals surface area contributed by atoms with Gasteiger partial charge in [-0.1, -0.05) is 89.1 Å². The average molecular weight is 665 g/mol. The summed E-state index contributed by atoms with van der Waals surface area (Å²) in [6.45, 7) is 6.72. The molecule has 4 rings (SSSR count). The van der Waals surface area contributed by atoms with Crippen LogP contribution >= 0.6 is 0 Å². The van der Waals surface area contributed by atoms with E-state index in [1.54, 1.807) is 18.2 Å². The second kappa shape index (κ2) is 20.9. The number of carbonyl (C=O) groups excluding carboxylic acids is 1. The van der Waals surface area contributed by atoms with Gasteiger partial charge in [0.2, 0.25) is 0 Å². The van der Waals surface area contributed by atoms with Crippen LogP contribution in [0.3, 0.4) is 0 Å². The van der Waals surface area contributed by atoms with E-state index in [4.69, 9.17) is 18.9 Å². The van der Waals surface area contributed by atoms with Gasteiger partial charge in [0.1, 0.15) is 17.4 Å². The predicted octanol–water partition coefficient (Wildman–Crippen LogP) is 11.1. The van der Waals surface area contributed by atoms with Gasteiger partial charge in [0, 0.05) is 18.6 Å². The minimum Gasteiger partial charge on any atom is -0.494 e. The number of ether oxygens (including phenoxy) is 4.